The Balaban J connectivity index is 1.95. The second kappa shape index (κ2) is 4.40. The Labute approximate surface area is 126 Å². The third-order valence-electron chi connectivity index (χ3n) is 4.65. The minimum absolute atomic E-state index is 1.04. The van der Waals surface area contributed by atoms with Crippen molar-refractivity contribution in [3.8, 4) is 11.3 Å². The van der Waals surface area contributed by atoms with Crippen molar-refractivity contribution < 1.29 is 0 Å². The van der Waals surface area contributed by atoms with Crippen molar-refractivity contribution in [2.75, 3.05) is 0 Å². The molecule has 0 fully saturated rings. The molecule has 5 heteroatoms. The minimum atomic E-state index is 1.04. The first kappa shape index (κ1) is 11.9. The van der Waals surface area contributed by atoms with Crippen LogP contribution < -0.4 is 0 Å². The maximum absolute atomic E-state index is 4.95. The molecule has 3 heterocycles. The van der Waals surface area contributed by atoms with Crippen LogP contribution in [0.1, 0.15) is 24.0 Å². The van der Waals surface area contributed by atoms with Gasteiger partial charge in [0.25, 0.3) is 0 Å². The second-order valence-corrected chi connectivity index (χ2v) is 5.91. The number of hydrogen-bond acceptors (Lipinski definition) is 3. The number of aromatic nitrogens is 5. The van der Waals surface area contributed by atoms with Crippen LogP contribution in [0.2, 0.25) is 0 Å². The van der Waals surface area contributed by atoms with E-state index in [9.17, 15) is 0 Å². The number of benzene rings is 1. The summed E-state index contributed by atoms with van der Waals surface area (Å²) in [6.45, 7) is 0. The first-order valence-corrected chi connectivity index (χ1v) is 7.68. The van der Waals surface area contributed by atoms with Gasteiger partial charge < -0.3 is 0 Å². The van der Waals surface area contributed by atoms with E-state index >= 15 is 0 Å². The minimum Gasteiger partial charge on any atom is -0.285 e. The fraction of sp³-hybridized carbons (Fsp3) is 0.235. The van der Waals surface area contributed by atoms with E-state index in [1.165, 1.54) is 29.4 Å². The van der Waals surface area contributed by atoms with Crippen molar-refractivity contribution in [1.82, 2.24) is 25.4 Å². The van der Waals surface area contributed by atoms with Crippen LogP contribution in [-0.4, -0.2) is 25.4 Å². The third kappa shape index (κ3) is 1.56. The van der Waals surface area contributed by atoms with E-state index in [4.69, 9.17) is 4.98 Å². The fourth-order valence-electron chi connectivity index (χ4n) is 3.65. The maximum atomic E-state index is 4.95. The molecule has 0 radical (unpaired) electrons. The SMILES string of the molecule is c1n[nH]cc1-c1nc2ccc3cn[nH]c3c2c2c1CCCC2. The van der Waals surface area contributed by atoms with Crippen molar-refractivity contribution in [2.45, 2.75) is 25.7 Å². The molecule has 1 aliphatic carbocycles. The Kier molecular flexibility index (Phi) is 2.38. The summed E-state index contributed by atoms with van der Waals surface area (Å²) in [7, 11) is 0. The van der Waals surface area contributed by atoms with E-state index in [2.05, 4.69) is 32.5 Å². The van der Waals surface area contributed by atoms with Crippen LogP contribution in [0.5, 0.6) is 0 Å². The quantitative estimate of drug-likeness (QED) is 0.564. The second-order valence-electron chi connectivity index (χ2n) is 5.91. The Bertz CT molecular complexity index is 981. The zero-order valence-corrected chi connectivity index (χ0v) is 12.1. The maximum Gasteiger partial charge on any atom is 0.0775 e. The van der Waals surface area contributed by atoms with Gasteiger partial charge in [-0.2, -0.15) is 10.2 Å². The highest BCUT2D eigenvalue weighted by Crippen LogP contribution is 2.37. The van der Waals surface area contributed by atoms with Gasteiger partial charge in [-0.3, -0.25) is 10.2 Å². The van der Waals surface area contributed by atoms with Gasteiger partial charge in [-0.05, 0) is 48.9 Å². The zero-order chi connectivity index (χ0) is 14.5. The molecule has 108 valence electrons. The molecule has 5 nitrogen and oxygen atoms in total. The van der Waals surface area contributed by atoms with E-state index in [0.717, 1.165) is 40.5 Å². The van der Waals surface area contributed by atoms with E-state index < -0.39 is 0 Å². The van der Waals surface area contributed by atoms with Gasteiger partial charge in [0.05, 0.1) is 29.1 Å². The molecule has 0 saturated heterocycles. The monoisotopic (exact) mass is 289 g/mol. The standard InChI is InChI=1S/C17H15N5/c1-2-4-13-12(3-1)15-14(6-5-10-7-20-22-17(10)15)21-16(13)11-8-18-19-9-11/h5-9H,1-4H2,(H,18,19)(H,20,22). The molecule has 0 amide bonds. The van der Waals surface area contributed by atoms with Gasteiger partial charge in [-0.25, -0.2) is 4.98 Å². The molecule has 0 atom stereocenters. The van der Waals surface area contributed by atoms with Crippen LogP contribution in [0.4, 0.5) is 0 Å². The van der Waals surface area contributed by atoms with Crippen LogP contribution in [0.3, 0.4) is 0 Å². The zero-order valence-electron chi connectivity index (χ0n) is 12.1. The predicted molar refractivity (Wildman–Crippen MR) is 85.6 cm³/mol. The van der Waals surface area contributed by atoms with Gasteiger partial charge in [-0.1, -0.05) is 0 Å². The molecule has 4 aromatic rings. The highest BCUT2D eigenvalue weighted by molar-refractivity contribution is 6.06. The number of aryl methyl sites for hydroxylation is 1. The summed E-state index contributed by atoms with van der Waals surface area (Å²) >= 11 is 0. The molecule has 2 N–H and O–H groups in total. The highest BCUT2D eigenvalue weighted by atomic mass is 15.1. The van der Waals surface area contributed by atoms with Crippen LogP contribution in [0.25, 0.3) is 33.1 Å². The Morgan fingerprint density at radius 2 is 1.86 bits per heavy atom. The molecule has 1 aromatic carbocycles. The summed E-state index contributed by atoms with van der Waals surface area (Å²) in [4.78, 5) is 4.95. The summed E-state index contributed by atoms with van der Waals surface area (Å²) in [6, 6.07) is 4.19. The summed E-state index contributed by atoms with van der Waals surface area (Å²) in [5, 5.41) is 16.8. The number of nitrogens with zero attached hydrogens (tertiary/aromatic N) is 3. The highest BCUT2D eigenvalue weighted by Gasteiger charge is 2.21. The normalized spacial score (nSPS) is 14.5. The lowest BCUT2D eigenvalue weighted by molar-refractivity contribution is 0.689. The molecule has 3 aromatic heterocycles. The molecule has 22 heavy (non-hydrogen) atoms. The number of H-pyrrole nitrogens is 2. The van der Waals surface area contributed by atoms with Crippen molar-refractivity contribution in [3.63, 3.8) is 0 Å². The van der Waals surface area contributed by atoms with Gasteiger partial charge in [0.15, 0.2) is 0 Å². The largest absolute Gasteiger partial charge is 0.285 e. The van der Waals surface area contributed by atoms with E-state index in [-0.39, 0.29) is 0 Å². The van der Waals surface area contributed by atoms with Crippen molar-refractivity contribution in [3.05, 3.63) is 41.9 Å². The van der Waals surface area contributed by atoms with Gasteiger partial charge in [-0.15, -0.1) is 0 Å². The van der Waals surface area contributed by atoms with Crippen LogP contribution >= 0.6 is 0 Å². The molecule has 1 aliphatic rings. The smallest absolute Gasteiger partial charge is 0.0775 e. The van der Waals surface area contributed by atoms with Crippen LogP contribution in [0, 0.1) is 0 Å². The molecular weight excluding hydrogens is 274 g/mol. The lowest BCUT2D eigenvalue weighted by Gasteiger charge is -2.21. The molecule has 0 bridgehead atoms. The van der Waals surface area contributed by atoms with Crippen molar-refractivity contribution in [1.29, 1.82) is 0 Å². The number of rotatable bonds is 1. The van der Waals surface area contributed by atoms with Gasteiger partial charge in [0, 0.05) is 22.5 Å². The van der Waals surface area contributed by atoms with Crippen LogP contribution in [0.15, 0.2) is 30.7 Å². The Morgan fingerprint density at radius 3 is 2.73 bits per heavy atom. The average Bonchev–Trinajstić information content (AvgIpc) is 3.25. The predicted octanol–water partition coefficient (Wildman–Crippen LogP) is 3.38. The number of fused-ring (bicyclic) bond motifs is 5. The Morgan fingerprint density at radius 1 is 0.955 bits per heavy atom. The van der Waals surface area contributed by atoms with E-state index in [1.54, 1.807) is 0 Å². The number of aromatic amines is 2. The Hall–Kier alpha value is -2.69. The van der Waals surface area contributed by atoms with Gasteiger partial charge in [0.1, 0.15) is 0 Å². The fourth-order valence-corrected chi connectivity index (χ4v) is 3.65. The van der Waals surface area contributed by atoms with Crippen molar-refractivity contribution >= 4 is 21.8 Å². The molecular formula is C17H15N5. The molecule has 0 saturated carbocycles. The van der Waals surface area contributed by atoms with Crippen molar-refractivity contribution in [2.24, 2.45) is 0 Å². The first-order valence-electron chi connectivity index (χ1n) is 7.68. The summed E-state index contributed by atoms with van der Waals surface area (Å²) < 4.78 is 0. The average molecular weight is 289 g/mol. The molecule has 5 rings (SSSR count). The number of hydrogen-bond donors (Lipinski definition) is 2. The lowest BCUT2D eigenvalue weighted by atomic mass is 9.86. The lowest BCUT2D eigenvalue weighted by Crippen LogP contribution is -2.07. The first-order chi connectivity index (χ1) is 10.9. The molecule has 0 spiro atoms. The topological polar surface area (TPSA) is 70.2 Å². The van der Waals surface area contributed by atoms with E-state index in [1.807, 2.05) is 18.6 Å². The van der Waals surface area contributed by atoms with Gasteiger partial charge >= 0.3 is 0 Å². The van der Waals surface area contributed by atoms with Crippen LogP contribution in [-0.2, 0) is 12.8 Å². The molecule has 0 unspecified atom stereocenters. The summed E-state index contributed by atoms with van der Waals surface area (Å²) in [5.74, 6) is 0. The third-order valence-corrected chi connectivity index (χ3v) is 4.65. The summed E-state index contributed by atoms with van der Waals surface area (Å²) in [6.07, 6.45) is 10.3. The number of pyridine rings is 1. The summed E-state index contributed by atoms with van der Waals surface area (Å²) in [5.41, 5.74) is 7.11. The molecule has 0 aliphatic heterocycles. The van der Waals surface area contributed by atoms with E-state index in [0.29, 0.717) is 0 Å². The van der Waals surface area contributed by atoms with Gasteiger partial charge in [0.2, 0.25) is 0 Å². The number of nitrogens with one attached hydrogen (secondary N) is 2.